The van der Waals surface area contributed by atoms with Crippen LogP contribution in [0.4, 0.5) is 10.1 Å². The van der Waals surface area contributed by atoms with E-state index in [1.807, 2.05) is 18.2 Å². The number of halogens is 3. The number of rotatable bonds is 4. The van der Waals surface area contributed by atoms with Crippen molar-refractivity contribution in [3.63, 3.8) is 0 Å². The van der Waals surface area contributed by atoms with E-state index in [2.05, 4.69) is 50.2 Å². The molecule has 0 radical (unpaired) electrons. The van der Waals surface area contributed by atoms with Crippen molar-refractivity contribution >= 4 is 37.5 Å². The van der Waals surface area contributed by atoms with Crippen LogP contribution in [0.2, 0.25) is 0 Å². The Morgan fingerprint density at radius 2 is 1.89 bits per heavy atom. The van der Waals surface area contributed by atoms with Gasteiger partial charge >= 0.3 is 0 Å². The van der Waals surface area contributed by atoms with E-state index in [1.54, 1.807) is 12.1 Å². The topological polar surface area (TPSA) is 12.0 Å². The van der Waals surface area contributed by atoms with E-state index in [-0.39, 0.29) is 5.82 Å². The van der Waals surface area contributed by atoms with E-state index in [1.165, 1.54) is 5.56 Å². The van der Waals surface area contributed by atoms with Crippen molar-refractivity contribution in [2.75, 3.05) is 5.32 Å². The highest BCUT2D eigenvalue weighted by Gasteiger charge is 2.03. The van der Waals surface area contributed by atoms with Crippen molar-refractivity contribution in [3.8, 4) is 0 Å². The van der Waals surface area contributed by atoms with Gasteiger partial charge < -0.3 is 5.32 Å². The van der Waals surface area contributed by atoms with Gasteiger partial charge in [0.1, 0.15) is 5.82 Å². The quantitative estimate of drug-likeness (QED) is 0.728. The lowest BCUT2D eigenvalue weighted by atomic mass is 10.1. The molecule has 2 aromatic rings. The molecule has 0 atom stereocenters. The molecule has 0 aliphatic carbocycles. The van der Waals surface area contributed by atoms with E-state index in [0.29, 0.717) is 11.0 Å². The van der Waals surface area contributed by atoms with Crippen LogP contribution in [-0.4, -0.2) is 0 Å². The second-order valence-electron chi connectivity index (χ2n) is 4.26. The smallest absolute Gasteiger partial charge is 0.137 e. The fourth-order valence-corrected chi connectivity index (χ4v) is 2.53. The maximum absolute atomic E-state index is 13.4. The Morgan fingerprint density at radius 1 is 1.11 bits per heavy atom. The highest BCUT2D eigenvalue weighted by atomic mass is 79.9. The van der Waals surface area contributed by atoms with E-state index >= 15 is 0 Å². The zero-order chi connectivity index (χ0) is 13.8. The fourth-order valence-electron chi connectivity index (χ4n) is 1.87. The Hall–Kier alpha value is -0.870. The van der Waals surface area contributed by atoms with Crippen LogP contribution < -0.4 is 5.32 Å². The molecule has 4 heteroatoms. The zero-order valence-corrected chi connectivity index (χ0v) is 13.7. The van der Waals surface area contributed by atoms with Gasteiger partial charge in [-0.15, -0.1) is 0 Å². The van der Waals surface area contributed by atoms with Gasteiger partial charge in [-0.25, -0.2) is 4.39 Å². The molecule has 1 N–H and O–H groups in total. The van der Waals surface area contributed by atoms with Crippen LogP contribution in [0.25, 0.3) is 0 Å². The number of nitrogens with one attached hydrogen (secondary N) is 1. The summed E-state index contributed by atoms with van der Waals surface area (Å²) >= 11 is 6.62. The van der Waals surface area contributed by atoms with Gasteiger partial charge in [0.25, 0.3) is 0 Å². The first kappa shape index (κ1) is 14.5. The Kier molecular flexibility index (Phi) is 4.99. The zero-order valence-electron chi connectivity index (χ0n) is 10.5. The maximum atomic E-state index is 13.4. The first-order valence-electron chi connectivity index (χ1n) is 6.06. The van der Waals surface area contributed by atoms with Crippen molar-refractivity contribution in [1.29, 1.82) is 0 Å². The summed E-state index contributed by atoms with van der Waals surface area (Å²) in [6.45, 7) is 2.73. The molecule has 0 heterocycles. The summed E-state index contributed by atoms with van der Waals surface area (Å²) in [5, 5.41) is 3.35. The average Bonchev–Trinajstić information content (AvgIpc) is 2.41. The first-order valence-corrected chi connectivity index (χ1v) is 7.65. The molecule has 0 amide bonds. The van der Waals surface area contributed by atoms with Crippen molar-refractivity contribution in [2.24, 2.45) is 0 Å². The normalized spacial score (nSPS) is 10.5. The van der Waals surface area contributed by atoms with Crippen LogP contribution in [0, 0.1) is 5.82 Å². The number of aryl methyl sites for hydroxylation is 1. The standard InChI is InChI=1S/C15H14Br2FN/c1-2-11-8-12(16)4-6-15(11)19-9-10-3-5-13(17)14(18)7-10/h3-8,19H,2,9H2,1H3. The van der Waals surface area contributed by atoms with Crippen LogP contribution in [-0.2, 0) is 13.0 Å². The predicted octanol–water partition coefficient (Wildman–Crippen LogP) is 5.53. The molecule has 0 saturated heterocycles. The molecule has 0 aliphatic rings. The lowest BCUT2D eigenvalue weighted by Gasteiger charge is -2.12. The highest BCUT2D eigenvalue weighted by molar-refractivity contribution is 9.10. The van der Waals surface area contributed by atoms with Gasteiger partial charge in [-0.1, -0.05) is 28.9 Å². The fraction of sp³-hybridized carbons (Fsp3) is 0.200. The van der Waals surface area contributed by atoms with E-state index in [9.17, 15) is 4.39 Å². The second kappa shape index (κ2) is 6.53. The molecule has 0 bridgehead atoms. The Balaban J connectivity index is 2.12. The number of anilines is 1. The lowest BCUT2D eigenvalue weighted by molar-refractivity contribution is 0.619. The molecule has 2 rings (SSSR count). The Bertz CT molecular complexity index is 584. The van der Waals surface area contributed by atoms with Gasteiger partial charge in [0.2, 0.25) is 0 Å². The molecule has 1 nitrogen and oxygen atoms in total. The molecule has 0 saturated carbocycles. The third-order valence-electron chi connectivity index (χ3n) is 2.92. The number of hydrogen-bond acceptors (Lipinski definition) is 1. The minimum Gasteiger partial charge on any atom is -0.381 e. The second-order valence-corrected chi connectivity index (χ2v) is 6.03. The summed E-state index contributed by atoms with van der Waals surface area (Å²) in [6.07, 6.45) is 0.955. The van der Waals surface area contributed by atoms with Gasteiger partial charge in [-0.2, -0.15) is 0 Å². The molecule has 0 aliphatic heterocycles. The van der Waals surface area contributed by atoms with Crippen LogP contribution in [0.3, 0.4) is 0 Å². The molecular weight excluding hydrogens is 373 g/mol. The van der Waals surface area contributed by atoms with E-state index in [0.717, 1.165) is 22.1 Å². The van der Waals surface area contributed by atoms with Crippen molar-refractivity contribution in [3.05, 3.63) is 62.3 Å². The molecule has 0 unspecified atom stereocenters. The SMILES string of the molecule is CCc1cc(Br)ccc1NCc1ccc(Br)c(F)c1. The summed E-state index contributed by atoms with van der Waals surface area (Å²) in [7, 11) is 0. The van der Waals surface area contributed by atoms with E-state index in [4.69, 9.17) is 0 Å². The average molecular weight is 387 g/mol. The summed E-state index contributed by atoms with van der Waals surface area (Å²) < 4.78 is 15.0. The van der Waals surface area contributed by atoms with Gasteiger partial charge in [0, 0.05) is 16.7 Å². The van der Waals surface area contributed by atoms with Crippen LogP contribution in [0.15, 0.2) is 45.3 Å². The molecular formula is C15H14Br2FN. The van der Waals surface area contributed by atoms with Crippen molar-refractivity contribution in [1.82, 2.24) is 0 Å². The predicted molar refractivity (Wildman–Crippen MR) is 84.9 cm³/mol. The van der Waals surface area contributed by atoms with Crippen LogP contribution >= 0.6 is 31.9 Å². The number of benzene rings is 2. The summed E-state index contributed by atoms with van der Waals surface area (Å²) in [5.41, 5.74) is 3.26. The van der Waals surface area contributed by atoms with Gasteiger partial charge in [0.15, 0.2) is 0 Å². The number of hydrogen-bond donors (Lipinski definition) is 1. The molecule has 0 aromatic heterocycles. The van der Waals surface area contributed by atoms with Gasteiger partial charge in [0.05, 0.1) is 4.47 Å². The highest BCUT2D eigenvalue weighted by Crippen LogP contribution is 2.23. The molecule has 0 fully saturated rings. The summed E-state index contributed by atoms with van der Waals surface area (Å²) in [5.74, 6) is -0.231. The van der Waals surface area contributed by atoms with Crippen LogP contribution in [0.5, 0.6) is 0 Å². The summed E-state index contributed by atoms with van der Waals surface area (Å²) in [6, 6.07) is 11.3. The molecule has 0 spiro atoms. The monoisotopic (exact) mass is 385 g/mol. The minimum absolute atomic E-state index is 0.231. The van der Waals surface area contributed by atoms with Crippen molar-refractivity contribution < 1.29 is 4.39 Å². The molecule has 100 valence electrons. The largest absolute Gasteiger partial charge is 0.381 e. The van der Waals surface area contributed by atoms with Gasteiger partial charge in [-0.05, 0) is 63.8 Å². The van der Waals surface area contributed by atoms with Gasteiger partial charge in [-0.3, -0.25) is 0 Å². The lowest BCUT2D eigenvalue weighted by Crippen LogP contribution is -2.02. The molecule has 2 aromatic carbocycles. The van der Waals surface area contributed by atoms with Crippen molar-refractivity contribution in [2.45, 2.75) is 19.9 Å². The Labute approximate surface area is 129 Å². The first-order chi connectivity index (χ1) is 9.10. The summed E-state index contributed by atoms with van der Waals surface area (Å²) in [4.78, 5) is 0. The van der Waals surface area contributed by atoms with E-state index < -0.39 is 0 Å². The minimum atomic E-state index is -0.231. The third kappa shape index (κ3) is 3.80. The third-order valence-corrected chi connectivity index (χ3v) is 4.05. The Morgan fingerprint density at radius 3 is 2.58 bits per heavy atom. The van der Waals surface area contributed by atoms with Crippen LogP contribution in [0.1, 0.15) is 18.1 Å². The molecule has 19 heavy (non-hydrogen) atoms. The maximum Gasteiger partial charge on any atom is 0.137 e.